The third-order valence-corrected chi connectivity index (χ3v) is 4.30. The molecule has 26 heavy (non-hydrogen) atoms. The van der Waals surface area contributed by atoms with E-state index in [2.05, 4.69) is 9.97 Å². The highest BCUT2D eigenvalue weighted by Gasteiger charge is 2.25. The van der Waals surface area contributed by atoms with Crippen molar-refractivity contribution >= 4 is 5.91 Å². The van der Waals surface area contributed by atoms with Crippen LogP contribution in [-0.2, 0) is 16.1 Å². The second-order valence-electron chi connectivity index (χ2n) is 6.63. The van der Waals surface area contributed by atoms with E-state index in [0.717, 1.165) is 36.3 Å². The van der Waals surface area contributed by atoms with Crippen molar-refractivity contribution in [3.05, 3.63) is 53.3 Å². The van der Waals surface area contributed by atoms with E-state index in [1.807, 2.05) is 55.1 Å². The van der Waals surface area contributed by atoms with Gasteiger partial charge in [-0.3, -0.25) is 4.79 Å². The average Bonchev–Trinajstić information content (AvgIpc) is 2.62. The predicted octanol–water partition coefficient (Wildman–Crippen LogP) is 2.68. The topological polar surface area (TPSA) is 64.5 Å². The number of rotatable bonds is 6. The van der Waals surface area contributed by atoms with Gasteiger partial charge in [0.1, 0.15) is 12.7 Å². The zero-order valence-electron chi connectivity index (χ0n) is 15.4. The number of carbonyl (C=O) groups excluding carboxylic acids is 1. The second-order valence-corrected chi connectivity index (χ2v) is 6.63. The van der Waals surface area contributed by atoms with Crippen molar-refractivity contribution in [3.63, 3.8) is 0 Å². The van der Waals surface area contributed by atoms with Gasteiger partial charge in [0.2, 0.25) is 5.91 Å². The molecule has 0 bridgehead atoms. The normalized spacial score (nSPS) is 17.2. The molecule has 138 valence electrons. The Morgan fingerprint density at radius 1 is 1.19 bits per heavy atom. The van der Waals surface area contributed by atoms with Gasteiger partial charge in [0, 0.05) is 17.9 Å². The van der Waals surface area contributed by atoms with Gasteiger partial charge in [-0.2, -0.15) is 0 Å². The Balaban J connectivity index is 1.48. The van der Waals surface area contributed by atoms with Crippen molar-refractivity contribution < 1.29 is 14.3 Å². The van der Waals surface area contributed by atoms with Gasteiger partial charge in [-0.05, 0) is 38.3 Å². The monoisotopic (exact) mass is 355 g/mol. The highest BCUT2D eigenvalue weighted by molar-refractivity contribution is 5.77. The molecule has 1 aliphatic rings. The number of ether oxygens (including phenoxy) is 2. The van der Waals surface area contributed by atoms with Gasteiger partial charge >= 0.3 is 6.01 Å². The second kappa shape index (κ2) is 8.76. The van der Waals surface area contributed by atoms with E-state index in [-0.39, 0.29) is 18.6 Å². The fourth-order valence-corrected chi connectivity index (χ4v) is 3.08. The van der Waals surface area contributed by atoms with Crippen LogP contribution < -0.4 is 4.74 Å². The number of aryl methyl sites for hydroxylation is 2. The summed E-state index contributed by atoms with van der Waals surface area (Å²) in [5, 5.41) is 0. The lowest BCUT2D eigenvalue weighted by Gasteiger charge is -2.32. The first kappa shape index (κ1) is 18.3. The zero-order valence-corrected chi connectivity index (χ0v) is 15.4. The first-order valence-corrected chi connectivity index (χ1v) is 8.98. The van der Waals surface area contributed by atoms with Gasteiger partial charge in [-0.15, -0.1) is 0 Å². The molecule has 0 radical (unpaired) electrons. The number of likely N-dealkylation sites (tertiary alicyclic amines) is 1. The predicted molar refractivity (Wildman–Crippen MR) is 97.8 cm³/mol. The van der Waals surface area contributed by atoms with Crippen molar-refractivity contribution in [2.75, 3.05) is 19.7 Å². The van der Waals surface area contributed by atoms with Crippen LogP contribution in [0.15, 0.2) is 36.4 Å². The molecule has 0 saturated carbocycles. The van der Waals surface area contributed by atoms with Gasteiger partial charge in [0.05, 0.1) is 13.2 Å². The maximum atomic E-state index is 12.4. The molecule has 0 aliphatic carbocycles. The van der Waals surface area contributed by atoms with Crippen LogP contribution in [0.25, 0.3) is 0 Å². The number of hydrogen-bond donors (Lipinski definition) is 0. The Kier molecular flexibility index (Phi) is 6.17. The van der Waals surface area contributed by atoms with E-state index in [0.29, 0.717) is 19.2 Å². The lowest BCUT2D eigenvalue weighted by molar-refractivity contribution is -0.139. The largest absolute Gasteiger partial charge is 0.458 e. The minimum absolute atomic E-state index is 0.00410. The Morgan fingerprint density at radius 2 is 1.92 bits per heavy atom. The fraction of sp³-hybridized carbons (Fsp3) is 0.450. The number of hydrogen-bond acceptors (Lipinski definition) is 5. The molecule has 0 N–H and O–H groups in total. The van der Waals surface area contributed by atoms with Crippen LogP contribution in [-0.4, -0.2) is 46.6 Å². The summed E-state index contributed by atoms with van der Waals surface area (Å²) in [4.78, 5) is 22.9. The fourth-order valence-electron chi connectivity index (χ4n) is 3.08. The summed E-state index contributed by atoms with van der Waals surface area (Å²) < 4.78 is 11.5. The number of carbonyl (C=O) groups is 1. The SMILES string of the molecule is Cc1cc(C)nc(OC2CCCN(C(=O)COCc3ccccc3)C2)n1. The molecule has 1 fully saturated rings. The summed E-state index contributed by atoms with van der Waals surface area (Å²) in [7, 11) is 0. The van der Waals surface area contributed by atoms with Gasteiger partial charge < -0.3 is 14.4 Å². The number of amides is 1. The third kappa shape index (κ3) is 5.26. The average molecular weight is 355 g/mol. The van der Waals surface area contributed by atoms with Crippen LogP contribution in [0.3, 0.4) is 0 Å². The zero-order chi connectivity index (χ0) is 18.4. The minimum atomic E-state index is -0.0805. The summed E-state index contributed by atoms with van der Waals surface area (Å²) in [6.45, 7) is 5.65. The van der Waals surface area contributed by atoms with E-state index in [1.54, 1.807) is 0 Å². The van der Waals surface area contributed by atoms with Crippen LogP contribution in [0, 0.1) is 13.8 Å². The van der Waals surface area contributed by atoms with E-state index < -0.39 is 0 Å². The summed E-state index contributed by atoms with van der Waals surface area (Å²) >= 11 is 0. The maximum absolute atomic E-state index is 12.4. The molecule has 1 amide bonds. The van der Waals surface area contributed by atoms with Gasteiger partial charge in [-0.1, -0.05) is 30.3 Å². The summed E-state index contributed by atoms with van der Waals surface area (Å²) in [6.07, 6.45) is 1.72. The molecule has 0 spiro atoms. The van der Waals surface area contributed by atoms with Crippen LogP contribution in [0.5, 0.6) is 6.01 Å². The summed E-state index contributed by atoms with van der Waals surface area (Å²) in [6, 6.07) is 12.2. The number of benzene rings is 1. The molecule has 6 nitrogen and oxygen atoms in total. The van der Waals surface area contributed by atoms with Crippen molar-refractivity contribution in [1.82, 2.24) is 14.9 Å². The number of piperidine rings is 1. The van der Waals surface area contributed by atoms with Crippen LogP contribution in [0.2, 0.25) is 0 Å². The van der Waals surface area contributed by atoms with Crippen LogP contribution in [0.4, 0.5) is 0 Å². The molecule has 6 heteroatoms. The van der Waals surface area contributed by atoms with Gasteiger partial charge in [0.25, 0.3) is 0 Å². The molecule has 1 saturated heterocycles. The molecular formula is C20H25N3O3. The summed E-state index contributed by atoms with van der Waals surface area (Å²) in [5.41, 5.74) is 2.82. The minimum Gasteiger partial charge on any atom is -0.458 e. The lowest BCUT2D eigenvalue weighted by Crippen LogP contribution is -2.45. The summed E-state index contributed by atoms with van der Waals surface area (Å²) in [5.74, 6) is -0.00410. The first-order valence-electron chi connectivity index (χ1n) is 8.98. The Morgan fingerprint density at radius 3 is 2.65 bits per heavy atom. The standard InChI is InChI=1S/C20H25N3O3/c1-15-11-16(2)22-20(21-15)26-18-9-6-10-23(12-18)19(24)14-25-13-17-7-4-3-5-8-17/h3-5,7-8,11,18H,6,9-10,12-14H2,1-2H3. The first-order chi connectivity index (χ1) is 12.6. The molecular weight excluding hydrogens is 330 g/mol. The molecule has 3 rings (SSSR count). The van der Waals surface area contributed by atoms with Gasteiger partial charge in [-0.25, -0.2) is 9.97 Å². The Bertz CT molecular complexity index is 716. The van der Waals surface area contributed by atoms with Gasteiger partial charge in [0.15, 0.2) is 0 Å². The molecule has 1 aliphatic heterocycles. The number of nitrogens with zero attached hydrogens (tertiary/aromatic N) is 3. The van der Waals surface area contributed by atoms with E-state index >= 15 is 0 Å². The Labute approximate surface area is 154 Å². The maximum Gasteiger partial charge on any atom is 0.317 e. The van der Waals surface area contributed by atoms with Crippen molar-refractivity contribution in [2.24, 2.45) is 0 Å². The highest BCUT2D eigenvalue weighted by atomic mass is 16.5. The molecule has 2 aromatic rings. The number of aromatic nitrogens is 2. The van der Waals surface area contributed by atoms with Crippen LogP contribution >= 0.6 is 0 Å². The smallest absolute Gasteiger partial charge is 0.317 e. The highest BCUT2D eigenvalue weighted by Crippen LogP contribution is 2.16. The van der Waals surface area contributed by atoms with E-state index in [9.17, 15) is 4.79 Å². The molecule has 1 aromatic heterocycles. The van der Waals surface area contributed by atoms with Crippen molar-refractivity contribution in [2.45, 2.75) is 39.4 Å². The molecule has 1 atom stereocenters. The van der Waals surface area contributed by atoms with E-state index in [1.165, 1.54) is 0 Å². The van der Waals surface area contributed by atoms with Crippen LogP contribution in [0.1, 0.15) is 29.8 Å². The molecule has 1 aromatic carbocycles. The Hall–Kier alpha value is -2.47. The molecule has 1 unspecified atom stereocenters. The van der Waals surface area contributed by atoms with E-state index in [4.69, 9.17) is 9.47 Å². The molecule has 2 heterocycles. The van der Waals surface area contributed by atoms with Crippen molar-refractivity contribution in [3.8, 4) is 6.01 Å². The quantitative estimate of drug-likeness (QED) is 0.797. The van der Waals surface area contributed by atoms with Crippen molar-refractivity contribution in [1.29, 1.82) is 0 Å². The lowest BCUT2D eigenvalue weighted by atomic mass is 10.1. The third-order valence-electron chi connectivity index (χ3n) is 4.30.